The maximum Gasteiger partial charge on any atom is 0.311 e. The molecule has 0 saturated carbocycles. The molecule has 3 aromatic carbocycles. The van der Waals surface area contributed by atoms with Gasteiger partial charge in [-0.15, -0.1) is 0 Å². The van der Waals surface area contributed by atoms with Crippen molar-refractivity contribution in [3.8, 4) is 17.2 Å². The first-order chi connectivity index (χ1) is 16.9. The van der Waals surface area contributed by atoms with Gasteiger partial charge >= 0.3 is 5.97 Å². The smallest absolute Gasteiger partial charge is 0.311 e. The molecule has 4 aromatic rings. The van der Waals surface area contributed by atoms with Gasteiger partial charge in [0.05, 0.1) is 29.5 Å². The van der Waals surface area contributed by atoms with Gasteiger partial charge in [-0.2, -0.15) is 0 Å². The van der Waals surface area contributed by atoms with Crippen LogP contribution in [0.15, 0.2) is 66.7 Å². The van der Waals surface area contributed by atoms with Crippen LogP contribution in [0.3, 0.4) is 0 Å². The number of aliphatic carboxylic acids is 1. The van der Waals surface area contributed by atoms with E-state index in [0.717, 1.165) is 10.9 Å². The number of hydrogen-bond donors (Lipinski definition) is 1. The second-order valence-corrected chi connectivity index (χ2v) is 9.06. The van der Waals surface area contributed by atoms with Crippen molar-refractivity contribution in [2.45, 2.75) is 18.8 Å². The van der Waals surface area contributed by atoms with Gasteiger partial charge in [-0.1, -0.05) is 29.3 Å². The van der Waals surface area contributed by atoms with Gasteiger partial charge in [0.15, 0.2) is 5.78 Å². The van der Waals surface area contributed by atoms with Crippen molar-refractivity contribution >= 4 is 45.9 Å². The predicted molar refractivity (Wildman–Crippen MR) is 133 cm³/mol. The van der Waals surface area contributed by atoms with Crippen LogP contribution in [0.25, 0.3) is 10.9 Å². The van der Waals surface area contributed by atoms with E-state index >= 15 is 0 Å². The Labute approximate surface area is 211 Å². The maximum absolute atomic E-state index is 12.8. The molecule has 0 bridgehead atoms. The summed E-state index contributed by atoms with van der Waals surface area (Å²) in [5.74, 6) is -0.378. The molecule has 176 valence electrons. The lowest BCUT2D eigenvalue weighted by molar-refractivity contribution is -0.139. The van der Waals surface area contributed by atoms with Gasteiger partial charge < -0.3 is 14.6 Å². The van der Waals surface area contributed by atoms with Crippen LogP contribution in [-0.2, 0) is 11.2 Å². The van der Waals surface area contributed by atoms with E-state index in [0.29, 0.717) is 52.1 Å². The van der Waals surface area contributed by atoms with Crippen molar-refractivity contribution in [2.75, 3.05) is 6.61 Å². The zero-order chi connectivity index (χ0) is 24.5. The number of fused-ring (bicyclic) bond motifs is 2. The van der Waals surface area contributed by atoms with Gasteiger partial charge in [-0.25, -0.2) is 0 Å². The number of carboxylic acids is 1. The number of hydrogen-bond acceptors (Lipinski definition) is 5. The molecule has 8 heteroatoms. The Morgan fingerprint density at radius 1 is 1.03 bits per heavy atom. The van der Waals surface area contributed by atoms with Crippen molar-refractivity contribution in [1.29, 1.82) is 0 Å². The number of aromatic nitrogens is 1. The van der Waals surface area contributed by atoms with Crippen molar-refractivity contribution < 1.29 is 24.2 Å². The summed E-state index contributed by atoms with van der Waals surface area (Å²) in [6, 6.07) is 19.1. The molecule has 0 saturated heterocycles. The van der Waals surface area contributed by atoms with Crippen LogP contribution in [0.5, 0.6) is 17.2 Å². The molecule has 2 heterocycles. The lowest BCUT2D eigenvalue weighted by atomic mass is 9.93. The molecule has 1 aliphatic heterocycles. The number of carbonyl (C=O) groups excluding carboxylic acids is 1. The fourth-order valence-corrected chi connectivity index (χ4v) is 4.46. The van der Waals surface area contributed by atoms with E-state index in [4.69, 9.17) is 32.7 Å². The third-order valence-corrected chi connectivity index (χ3v) is 6.39. The number of benzene rings is 3. The summed E-state index contributed by atoms with van der Waals surface area (Å²) in [5.41, 5.74) is 2.52. The van der Waals surface area contributed by atoms with Crippen LogP contribution in [0.1, 0.15) is 34.0 Å². The van der Waals surface area contributed by atoms with E-state index in [1.807, 2.05) is 24.3 Å². The third kappa shape index (κ3) is 4.94. The number of rotatable bonds is 6. The summed E-state index contributed by atoms with van der Waals surface area (Å²) in [6.07, 6.45) is 0.551. The van der Waals surface area contributed by atoms with Crippen LogP contribution in [0.2, 0.25) is 10.0 Å². The van der Waals surface area contributed by atoms with Gasteiger partial charge in [0.1, 0.15) is 17.2 Å². The van der Waals surface area contributed by atoms with E-state index in [1.54, 1.807) is 42.5 Å². The SMILES string of the molecule is O=C(Cc1ccc2cc(Cl)ccc2n1)c1ccc(Oc2cc3c(cc2Cl)[C@@H](C(=O)O)CCO3)cc1. The molecule has 6 nitrogen and oxygen atoms in total. The molecule has 1 aliphatic rings. The number of carboxylic acid groups (broad SMARTS) is 1. The van der Waals surface area contributed by atoms with Crippen LogP contribution in [0.4, 0.5) is 0 Å². The van der Waals surface area contributed by atoms with E-state index in [1.165, 1.54) is 0 Å². The van der Waals surface area contributed by atoms with Crippen molar-refractivity contribution in [2.24, 2.45) is 0 Å². The average molecular weight is 508 g/mol. The average Bonchev–Trinajstić information content (AvgIpc) is 2.84. The van der Waals surface area contributed by atoms with Crippen LogP contribution < -0.4 is 9.47 Å². The Bertz CT molecular complexity index is 1450. The summed E-state index contributed by atoms with van der Waals surface area (Å²) >= 11 is 12.4. The molecule has 0 amide bonds. The first-order valence-electron chi connectivity index (χ1n) is 10.9. The third-order valence-electron chi connectivity index (χ3n) is 5.86. The second kappa shape index (κ2) is 9.56. The van der Waals surface area contributed by atoms with Crippen molar-refractivity contribution in [3.05, 3.63) is 93.6 Å². The molecule has 5 rings (SSSR count). The minimum absolute atomic E-state index is 0.0720. The van der Waals surface area contributed by atoms with Crippen LogP contribution in [0, 0.1) is 0 Å². The Morgan fingerprint density at radius 3 is 2.60 bits per heavy atom. The van der Waals surface area contributed by atoms with Crippen LogP contribution in [-0.4, -0.2) is 28.4 Å². The van der Waals surface area contributed by atoms with Gasteiger partial charge in [0, 0.05) is 33.3 Å². The molecule has 0 fully saturated rings. The van der Waals surface area contributed by atoms with Gasteiger partial charge in [-0.05, 0) is 61.0 Å². The lowest BCUT2D eigenvalue weighted by Crippen LogP contribution is -2.20. The number of nitrogens with zero attached hydrogens (tertiary/aromatic N) is 1. The highest BCUT2D eigenvalue weighted by Gasteiger charge is 2.29. The number of ketones is 1. The van der Waals surface area contributed by atoms with Crippen molar-refractivity contribution in [3.63, 3.8) is 0 Å². The monoisotopic (exact) mass is 507 g/mol. The largest absolute Gasteiger partial charge is 0.493 e. The van der Waals surface area contributed by atoms with Gasteiger partial charge in [0.2, 0.25) is 0 Å². The minimum atomic E-state index is -0.914. The summed E-state index contributed by atoms with van der Waals surface area (Å²) in [6.45, 7) is 0.307. The highest BCUT2D eigenvalue weighted by atomic mass is 35.5. The number of ether oxygens (including phenoxy) is 2. The van der Waals surface area contributed by atoms with Crippen LogP contribution >= 0.6 is 23.2 Å². The van der Waals surface area contributed by atoms with E-state index < -0.39 is 11.9 Å². The molecule has 0 spiro atoms. The first kappa shape index (κ1) is 23.1. The standard InChI is InChI=1S/C27H19Cl2NO5/c28-17-4-8-23-16(11-17)1-5-18(30-23)12-24(31)15-2-6-19(7-3-15)35-26-14-25-21(13-22(26)29)20(27(32)33)9-10-34-25/h1-8,11,13-14,20H,9-10,12H2,(H,32,33)/t20-/m0/s1. The Hall–Kier alpha value is -3.61. The summed E-state index contributed by atoms with van der Waals surface area (Å²) in [4.78, 5) is 28.8. The molecule has 0 aliphatic carbocycles. The lowest BCUT2D eigenvalue weighted by Gasteiger charge is -2.24. The molecule has 35 heavy (non-hydrogen) atoms. The quantitative estimate of drug-likeness (QED) is 0.292. The zero-order valence-corrected chi connectivity index (χ0v) is 19.8. The number of halogens is 2. The summed E-state index contributed by atoms with van der Waals surface area (Å²) in [7, 11) is 0. The predicted octanol–water partition coefficient (Wildman–Crippen LogP) is 6.71. The van der Waals surface area contributed by atoms with Crippen molar-refractivity contribution in [1.82, 2.24) is 4.98 Å². The number of pyridine rings is 1. The molecular weight excluding hydrogens is 489 g/mol. The van der Waals surface area contributed by atoms with E-state index in [2.05, 4.69) is 4.98 Å². The normalized spacial score (nSPS) is 14.7. The zero-order valence-electron chi connectivity index (χ0n) is 18.3. The number of Topliss-reactive ketones (excluding diaryl/α,β-unsaturated/α-hetero) is 1. The number of carbonyl (C=O) groups is 2. The fourth-order valence-electron chi connectivity index (χ4n) is 4.06. The van der Waals surface area contributed by atoms with E-state index in [-0.39, 0.29) is 17.2 Å². The Kier molecular flexibility index (Phi) is 6.32. The minimum Gasteiger partial charge on any atom is -0.493 e. The second-order valence-electron chi connectivity index (χ2n) is 8.21. The highest BCUT2D eigenvalue weighted by molar-refractivity contribution is 6.32. The van der Waals surface area contributed by atoms with Gasteiger partial charge in [0.25, 0.3) is 0 Å². The fraction of sp³-hybridized carbons (Fsp3) is 0.148. The first-order valence-corrected chi connectivity index (χ1v) is 11.7. The van der Waals surface area contributed by atoms with E-state index in [9.17, 15) is 14.7 Å². The highest BCUT2D eigenvalue weighted by Crippen LogP contribution is 2.41. The Balaban J connectivity index is 1.30. The molecule has 0 radical (unpaired) electrons. The molecule has 1 N–H and O–H groups in total. The molecule has 0 unspecified atom stereocenters. The molecule has 1 atom stereocenters. The molecular formula is C27H19Cl2NO5. The molecule has 1 aromatic heterocycles. The Morgan fingerprint density at radius 2 is 1.83 bits per heavy atom. The summed E-state index contributed by atoms with van der Waals surface area (Å²) in [5, 5.41) is 11.3. The topological polar surface area (TPSA) is 85.7 Å². The summed E-state index contributed by atoms with van der Waals surface area (Å²) < 4.78 is 11.5. The maximum atomic E-state index is 12.8. The van der Waals surface area contributed by atoms with Gasteiger partial charge in [-0.3, -0.25) is 14.6 Å².